The molecule has 116 valence electrons. The molecule has 0 spiro atoms. The zero-order valence-corrected chi connectivity index (χ0v) is 11.8. The molecule has 9 nitrogen and oxygen atoms in total. The van der Waals surface area contributed by atoms with Gasteiger partial charge >= 0.3 is 0 Å². The molecule has 0 saturated carbocycles. The topological polar surface area (TPSA) is 119 Å². The molecule has 2 saturated heterocycles. The van der Waals surface area contributed by atoms with Gasteiger partial charge in [0.15, 0.2) is 0 Å². The number of hydrogen-bond acceptors (Lipinski definition) is 9. The first kappa shape index (κ1) is 14.2. The van der Waals surface area contributed by atoms with Gasteiger partial charge in [0.2, 0.25) is 17.8 Å². The first-order valence-electron chi connectivity index (χ1n) is 7.03. The minimum atomic E-state index is -0.874. The van der Waals surface area contributed by atoms with Gasteiger partial charge in [0.05, 0.1) is 19.8 Å². The van der Waals surface area contributed by atoms with Crippen LogP contribution in [-0.2, 0) is 9.47 Å². The fourth-order valence-electron chi connectivity index (χ4n) is 2.34. The number of rotatable bonds is 4. The zero-order chi connectivity index (χ0) is 14.7. The molecule has 3 heterocycles. The maximum absolute atomic E-state index is 10.2. The molecule has 0 amide bonds. The highest BCUT2D eigenvalue weighted by Crippen LogP contribution is 2.19. The van der Waals surface area contributed by atoms with Gasteiger partial charge in [-0.25, -0.2) is 0 Å². The molecule has 1 aromatic rings. The van der Waals surface area contributed by atoms with Crippen molar-refractivity contribution in [3.63, 3.8) is 0 Å². The number of nitrogens with zero attached hydrogens (tertiary/aromatic N) is 4. The van der Waals surface area contributed by atoms with E-state index >= 15 is 0 Å². The van der Waals surface area contributed by atoms with Crippen LogP contribution in [0, 0.1) is 0 Å². The lowest BCUT2D eigenvalue weighted by atomic mass is 10.0. The highest BCUT2D eigenvalue weighted by molar-refractivity contribution is 5.42. The van der Waals surface area contributed by atoms with E-state index in [1.54, 1.807) is 0 Å². The molecule has 21 heavy (non-hydrogen) atoms. The summed E-state index contributed by atoms with van der Waals surface area (Å²) in [6.07, 6.45) is 0.594. The van der Waals surface area contributed by atoms with E-state index in [0.717, 1.165) is 13.1 Å². The van der Waals surface area contributed by atoms with E-state index in [0.29, 0.717) is 51.3 Å². The average molecular weight is 296 g/mol. The van der Waals surface area contributed by atoms with Crippen molar-refractivity contribution in [3.8, 4) is 0 Å². The monoisotopic (exact) mass is 296 g/mol. The molecular formula is C12H20N6O3. The van der Waals surface area contributed by atoms with Crippen molar-refractivity contribution in [3.05, 3.63) is 0 Å². The van der Waals surface area contributed by atoms with E-state index in [4.69, 9.17) is 15.2 Å². The number of nitrogens with two attached hydrogens (primary N) is 1. The molecule has 0 aromatic carbocycles. The van der Waals surface area contributed by atoms with E-state index in [1.807, 2.05) is 4.90 Å². The molecule has 1 aromatic heterocycles. The molecule has 1 unspecified atom stereocenters. The highest BCUT2D eigenvalue weighted by atomic mass is 16.5. The maximum atomic E-state index is 10.2. The van der Waals surface area contributed by atoms with Crippen LogP contribution in [0.1, 0.15) is 6.42 Å². The highest BCUT2D eigenvalue weighted by Gasteiger charge is 2.32. The van der Waals surface area contributed by atoms with Crippen LogP contribution in [-0.4, -0.2) is 71.7 Å². The molecule has 0 radical (unpaired) electrons. The van der Waals surface area contributed by atoms with Gasteiger partial charge < -0.3 is 30.5 Å². The summed E-state index contributed by atoms with van der Waals surface area (Å²) in [7, 11) is 0. The second-order valence-electron chi connectivity index (χ2n) is 5.30. The predicted octanol–water partition coefficient (Wildman–Crippen LogP) is -1.15. The van der Waals surface area contributed by atoms with E-state index in [-0.39, 0.29) is 5.95 Å². The smallest absolute Gasteiger partial charge is 0.232 e. The Hall–Kier alpha value is -1.71. The number of aromatic nitrogens is 3. The van der Waals surface area contributed by atoms with Gasteiger partial charge in [-0.15, -0.1) is 0 Å². The maximum Gasteiger partial charge on any atom is 0.232 e. The van der Waals surface area contributed by atoms with Crippen molar-refractivity contribution in [2.75, 3.05) is 62.0 Å². The molecule has 9 heteroatoms. The second-order valence-corrected chi connectivity index (χ2v) is 5.30. The van der Waals surface area contributed by atoms with Gasteiger partial charge in [0.1, 0.15) is 5.60 Å². The third-order valence-electron chi connectivity index (χ3n) is 3.59. The van der Waals surface area contributed by atoms with Crippen LogP contribution in [0.2, 0.25) is 0 Å². The van der Waals surface area contributed by atoms with Crippen molar-refractivity contribution >= 4 is 17.8 Å². The van der Waals surface area contributed by atoms with Crippen LogP contribution in [0.5, 0.6) is 0 Å². The SMILES string of the molecule is Nc1nc(NCC2(O)CCOC2)nc(N2CCOCC2)n1. The summed E-state index contributed by atoms with van der Waals surface area (Å²) in [4.78, 5) is 14.6. The Balaban J connectivity index is 1.68. The largest absolute Gasteiger partial charge is 0.386 e. The van der Waals surface area contributed by atoms with Crippen LogP contribution in [0.3, 0.4) is 0 Å². The lowest BCUT2D eigenvalue weighted by Crippen LogP contribution is -2.39. The first-order valence-corrected chi connectivity index (χ1v) is 7.03. The molecular weight excluding hydrogens is 276 g/mol. The van der Waals surface area contributed by atoms with Crippen LogP contribution in [0.25, 0.3) is 0 Å². The minimum Gasteiger partial charge on any atom is -0.386 e. The Kier molecular flexibility index (Phi) is 4.04. The Labute approximate surface area is 122 Å². The quantitative estimate of drug-likeness (QED) is 0.633. The van der Waals surface area contributed by atoms with Crippen LogP contribution < -0.4 is 16.0 Å². The summed E-state index contributed by atoms with van der Waals surface area (Å²) in [5.41, 5.74) is 4.86. The van der Waals surface area contributed by atoms with Gasteiger partial charge in [-0.05, 0) is 0 Å². The fraction of sp³-hybridized carbons (Fsp3) is 0.750. The Morgan fingerprint density at radius 2 is 2.00 bits per heavy atom. The molecule has 1 atom stereocenters. The molecule has 2 aliphatic heterocycles. The zero-order valence-electron chi connectivity index (χ0n) is 11.8. The van der Waals surface area contributed by atoms with E-state index in [2.05, 4.69) is 20.3 Å². The third-order valence-corrected chi connectivity index (χ3v) is 3.59. The molecule has 2 fully saturated rings. The lowest BCUT2D eigenvalue weighted by Gasteiger charge is -2.27. The van der Waals surface area contributed by atoms with Crippen molar-refractivity contribution in [1.82, 2.24) is 15.0 Å². The number of nitrogen functional groups attached to an aromatic ring is 1. The van der Waals surface area contributed by atoms with Crippen LogP contribution in [0.4, 0.5) is 17.8 Å². The van der Waals surface area contributed by atoms with Crippen molar-refractivity contribution in [2.24, 2.45) is 0 Å². The summed E-state index contributed by atoms with van der Waals surface area (Å²) in [5, 5.41) is 13.2. The van der Waals surface area contributed by atoms with E-state index in [1.165, 1.54) is 0 Å². The number of morpholine rings is 1. The lowest BCUT2D eigenvalue weighted by molar-refractivity contribution is 0.0380. The van der Waals surface area contributed by atoms with Crippen LogP contribution >= 0.6 is 0 Å². The number of anilines is 3. The van der Waals surface area contributed by atoms with Crippen molar-refractivity contribution in [2.45, 2.75) is 12.0 Å². The molecule has 4 N–H and O–H groups in total. The van der Waals surface area contributed by atoms with Crippen molar-refractivity contribution in [1.29, 1.82) is 0 Å². The summed E-state index contributed by atoms with van der Waals surface area (Å²) in [5.74, 6) is 1.05. The normalized spacial score (nSPS) is 26.0. The predicted molar refractivity (Wildman–Crippen MR) is 76.1 cm³/mol. The summed E-state index contributed by atoms with van der Waals surface area (Å²) in [6, 6.07) is 0. The van der Waals surface area contributed by atoms with E-state index < -0.39 is 5.60 Å². The Morgan fingerprint density at radius 3 is 2.71 bits per heavy atom. The standard InChI is InChI=1S/C12H20N6O3/c13-9-15-10(14-7-12(19)1-4-21-8-12)17-11(16-9)18-2-5-20-6-3-18/h19H,1-8H2,(H3,13,14,15,16,17). The Bertz CT molecular complexity index is 488. The van der Waals surface area contributed by atoms with Gasteiger partial charge in [0.25, 0.3) is 0 Å². The minimum absolute atomic E-state index is 0.156. The number of hydrogen-bond donors (Lipinski definition) is 3. The molecule has 0 aliphatic carbocycles. The molecule has 3 rings (SSSR count). The van der Waals surface area contributed by atoms with E-state index in [9.17, 15) is 5.11 Å². The Morgan fingerprint density at radius 1 is 1.19 bits per heavy atom. The number of nitrogens with one attached hydrogen (secondary N) is 1. The van der Waals surface area contributed by atoms with Gasteiger partial charge in [0, 0.05) is 32.7 Å². The second kappa shape index (κ2) is 5.96. The fourth-order valence-corrected chi connectivity index (χ4v) is 2.34. The molecule has 2 aliphatic rings. The third kappa shape index (κ3) is 3.49. The van der Waals surface area contributed by atoms with Crippen molar-refractivity contribution < 1.29 is 14.6 Å². The van der Waals surface area contributed by atoms with Gasteiger partial charge in [-0.3, -0.25) is 0 Å². The molecule has 0 bridgehead atoms. The first-order chi connectivity index (χ1) is 10.1. The van der Waals surface area contributed by atoms with Crippen LogP contribution in [0.15, 0.2) is 0 Å². The van der Waals surface area contributed by atoms with Gasteiger partial charge in [-0.1, -0.05) is 0 Å². The number of ether oxygens (including phenoxy) is 2. The summed E-state index contributed by atoms with van der Waals surface area (Å²) >= 11 is 0. The summed E-state index contributed by atoms with van der Waals surface area (Å²) in [6.45, 7) is 3.94. The van der Waals surface area contributed by atoms with Gasteiger partial charge in [-0.2, -0.15) is 15.0 Å². The average Bonchev–Trinajstić information content (AvgIpc) is 2.93. The summed E-state index contributed by atoms with van der Waals surface area (Å²) < 4.78 is 10.5. The number of aliphatic hydroxyl groups is 1.